The lowest BCUT2D eigenvalue weighted by Gasteiger charge is -2.28. The van der Waals surface area contributed by atoms with Gasteiger partial charge in [-0.1, -0.05) is 91.0 Å². The van der Waals surface area contributed by atoms with Gasteiger partial charge >= 0.3 is 23.9 Å². The molecule has 0 aliphatic carbocycles. The van der Waals surface area contributed by atoms with Crippen LogP contribution in [0.15, 0.2) is 157 Å². The number of rotatable bonds is 12. The molecule has 5 aromatic rings. The third-order valence-corrected chi connectivity index (χ3v) is 9.46. The molecular weight excluding hydrogens is 672 g/mol. The molecule has 1 heterocycles. The van der Waals surface area contributed by atoms with Crippen molar-refractivity contribution in [2.75, 3.05) is 6.61 Å². The predicted octanol–water partition coefficient (Wildman–Crippen LogP) is 6.05. The smallest absolute Gasteiger partial charge is 0.338 e. The first-order chi connectivity index (χ1) is 24.9. The lowest BCUT2D eigenvalue weighted by atomic mass is 10.1. The summed E-state index contributed by atoms with van der Waals surface area (Å²) in [5.41, 5.74) is -0.638. The summed E-state index contributed by atoms with van der Waals surface area (Å²) in [4.78, 5) is 54.1. The van der Waals surface area contributed by atoms with E-state index in [-0.39, 0.29) is 22.3 Å². The van der Waals surface area contributed by atoms with Crippen molar-refractivity contribution in [3.05, 3.63) is 174 Å². The van der Waals surface area contributed by atoms with Crippen LogP contribution in [-0.2, 0) is 34.5 Å². The summed E-state index contributed by atoms with van der Waals surface area (Å²) in [6, 6.07) is 40.8. The molecule has 0 amide bonds. The summed E-state index contributed by atoms with van der Waals surface area (Å²) in [6.45, 7) is -0.555. The van der Waals surface area contributed by atoms with Crippen LogP contribution in [0.1, 0.15) is 41.4 Å². The van der Waals surface area contributed by atoms with Crippen LogP contribution in [0.2, 0.25) is 0 Å². The molecule has 1 fully saturated rings. The van der Waals surface area contributed by atoms with Gasteiger partial charge in [-0.2, -0.15) is 0 Å². The molecule has 0 saturated carbocycles. The Bertz CT molecular complexity index is 1960. The highest BCUT2D eigenvalue weighted by Crippen LogP contribution is 2.35. The Morgan fingerprint density at radius 3 is 1.39 bits per heavy atom. The van der Waals surface area contributed by atoms with E-state index in [2.05, 4.69) is 0 Å². The van der Waals surface area contributed by atoms with Crippen molar-refractivity contribution in [2.45, 2.75) is 34.7 Å². The van der Waals surface area contributed by atoms with Crippen LogP contribution in [0, 0.1) is 0 Å². The topological polar surface area (TPSA) is 132 Å². The monoisotopic (exact) mass is 704 g/mol. The average molecular weight is 705 g/mol. The van der Waals surface area contributed by atoms with Gasteiger partial charge in [-0.05, 0) is 60.7 Å². The number of esters is 4. The molecule has 1 aliphatic rings. The third kappa shape index (κ3) is 8.64. The van der Waals surface area contributed by atoms with Crippen LogP contribution in [0.5, 0.6) is 0 Å². The molecule has 0 radical (unpaired) electrons. The standard InChI is InChI=1S/C40H32O10S/c41-36(27-16-6-1-7-17-27)46-26-32(47-37(42)28-18-8-2-9-19-28)33-34(48-38(43)29-20-10-3-11-21-29)35(49-39(44)30-22-12-4-13-23-30)40(50-33)51(45)31-24-14-5-15-25-31/h1-25,32-35,40H,26H2/t32-,33+,34+,35-,40+,51?/m1/s1. The van der Waals surface area contributed by atoms with Crippen molar-refractivity contribution < 1.29 is 47.1 Å². The van der Waals surface area contributed by atoms with Gasteiger partial charge in [-0.15, -0.1) is 0 Å². The molecule has 0 N–H and O–H groups in total. The van der Waals surface area contributed by atoms with Gasteiger partial charge in [-0.25, -0.2) is 19.2 Å². The first-order valence-corrected chi connectivity index (χ1v) is 17.2. The predicted molar refractivity (Wildman–Crippen MR) is 185 cm³/mol. The van der Waals surface area contributed by atoms with E-state index in [9.17, 15) is 23.4 Å². The molecule has 1 unspecified atom stereocenters. The normalized spacial score (nSPS) is 19.2. The zero-order chi connectivity index (χ0) is 35.6. The SMILES string of the molecule is O=C(OC[C@@H](OC(=O)c1ccccc1)[C@@H]1O[C@@H](S(=O)c2ccccc2)[C@H](OC(=O)c2ccccc2)[C@H]1OC(=O)c1ccccc1)c1ccccc1. The summed E-state index contributed by atoms with van der Waals surface area (Å²) < 4.78 is 44.2. The van der Waals surface area contributed by atoms with Gasteiger partial charge in [-0.3, -0.25) is 4.21 Å². The van der Waals surface area contributed by atoms with Crippen LogP contribution in [0.4, 0.5) is 0 Å². The fourth-order valence-corrected chi connectivity index (χ4v) is 6.77. The first-order valence-electron chi connectivity index (χ1n) is 16.0. The van der Waals surface area contributed by atoms with Crippen molar-refractivity contribution in [3.8, 4) is 0 Å². The van der Waals surface area contributed by atoms with E-state index in [0.29, 0.717) is 4.90 Å². The van der Waals surface area contributed by atoms with Crippen LogP contribution >= 0.6 is 0 Å². The Balaban J connectivity index is 1.40. The Hall–Kier alpha value is -5.91. The Kier molecular flexibility index (Phi) is 11.4. The number of ether oxygens (including phenoxy) is 5. The van der Waals surface area contributed by atoms with Crippen LogP contribution in [0.25, 0.3) is 0 Å². The van der Waals surface area contributed by atoms with E-state index in [1.807, 2.05) is 0 Å². The molecule has 51 heavy (non-hydrogen) atoms. The molecule has 1 saturated heterocycles. The van der Waals surface area contributed by atoms with Gasteiger partial charge in [0.15, 0.2) is 23.7 Å². The fraction of sp³-hybridized carbons (Fsp3) is 0.150. The number of carbonyl (C=O) groups excluding carboxylic acids is 4. The largest absolute Gasteiger partial charge is 0.458 e. The summed E-state index contributed by atoms with van der Waals surface area (Å²) in [7, 11) is -2.01. The lowest BCUT2D eigenvalue weighted by Crippen LogP contribution is -2.47. The maximum atomic E-state index is 14.2. The minimum Gasteiger partial charge on any atom is -0.458 e. The highest BCUT2D eigenvalue weighted by molar-refractivity contribution is 7.85. The van der Waals surface area contributed by atoms with E-state index in [1.54, 1.807) is 115 Å². The van der Waals surface area contributed by atoms with Crippen LogP contribution in [0.3, 0.4) is 0 Å². The highest BCUT2D eigenvalue weighted by atomic mass is 32.2. The summed E-state index contributed by atoms with van der Waals surface area (Å²) in [6.07, 6.45) is -5.83. The summed E-state index contributed by atoms with van der Waals surface area (Å²) in [5.74, 6) is -3.12. The maximum absolute atomic E-state index is 14.2. The quantitative estimate of drug-likeness (QED) is 0.112. The number of carbonyl (C=O) groups is 4. The van der Waals surface area contributed by atoms with Crippen molar-refractivity contribution >= 4 is 34.7 Å². The van der Waals surface area contributed by atoms with Gasteiger partial charge in [0.05, 0.1) is 33.1 Å². The number of hydrogen-bond donors (Lipinski definition) is 0. The second-order valence-corrected chi connectivity index (χ2v) is 12.9. The summed E-state index contributed by atoms with van der Waals surface area (Å²) in [5, 5.41) is 0. The fourth-order valence-electron chi connectivity index (χ4n) is 5.39. The van der Waals surface area contributed by atoms with E-state index < -0.39 is 71.1 Å². The molecule has 11 heteroatoms. The minimum absolute atomic E-state index is 0.172. The molecule has 6 atom stereocenters. The zero-order valence-corrected chi connectivity index (χ0v) is 27.8. The molecule has 0 aromatic heterocycles. The Labute approximate surface area is 296 Å². The Morgan fingerprint density at radius 2 is 0.922 bits per heavy atom. The van der Waals surface area contributed by atoms with Crippen molar-refractivity contribution in [1.29, 1.82) is 0 Å². The molecule has 1 aliphatic heterocycles. The summed E-state index contributed by atoms with van der Waals surface area (Å²) >= 11 is 0. The van der Waals surface area contributed by atoms with Gasteiger partial charge in [0.2, 0.25) is 0 Å². The van der Waals surface area contributed by atoms with Crippen LogP contribution in [-0.4, -0.2) is 64.5 Å². The molecule has 0 spiro atoms. The molecule has 0 bridgehead atoms. The molecular formula is C40H32O10S. The van der Waals surface area contributed by atoms with Crippen molar-refractivity contribution in [3.63, 3.8) is 0 Å². The van der Waals surface area contributed by atoms with Crippen molar-refractivity contribution in [2.24, 2.45) is 0 Å². The second-order valence-electron chi connectivity index (χ2n) is 11.3. The van der Waals surface area contributed by atoms with Gasteiger partial charge in [0.25, 0.3) is 0 Å². The van der Waals surface area contributed by atoms with Gasteiger partial charge in [0, 0.05) is 4.90 Å². The lowest BCUT2D eigenvalue weighted by molar-refractivity contribution is -0.0901. The average Bonchev–Trinajstić information content (AvgIpc) is 3.54. The third-order valence-electron chi connectivity index (χ3n) is 7.92. The maximum Gasteiger partial charge on any atom is 0.338 e. The second kappa shape index (κ2) is 16.7. The number of hydrogen-bond acceptors (Lipinski definition) is 10. The van der Waals surface area contributed by atoms with E-state index in [0.717, 1.165) is 0 Å². The first kappa shape index (κ1) is 34.9. The minimum atomic E-state index is -2.01. The van der Waals surface area contributed by atoms with E-state index >= 15 is 0 Å². The molecule has 258 valence electrons. The Morgan fingerprint density at radius 1 is 0.529 bits per heavy atom. The van der Waals surface area contributed by atoms with Crippen LogP contribution < -0.4 is 0 Å². The molecule has 10 nitrogen and oxygen atoms in total. The zero-order valence-electron chi connectivity index (χ0n) is 27.0. The van der Waals surface area contributed by atoms with E-state index in [1.165, 1.54) is 36.4 Å². The number of benzene rings is 5. The van der Waals surface area contributed by atoms with Gasteiger partial charge < -0.3 is 23.7 Å². The van der Waals surface area contributed by atoms with Gasteiger partial charge in [0.1, 0.15) is 12.7 Å². The van der Waals surface area contributed by atoms with Crippen molar-refractivity contribution in [1.82, 2.24) is 0 Å². The van der Waals surface area contributed by atoms with E-state index in [4.69, 9.17) is 23.7 Å². The highest BCUT2D eigenvalue weighted by Gasteiger charge is 2.56. The molecule has 5 aromatic carbocycles. The molecule has 6 rings (SSSR count).